The normalized spacial score (nSPS) is 14.6. The Morgan fingerprint density at radius 3 is 2.65 bits per heavy atom. The maximum absolute atomic E-state index is 13.8. The first-order valence-electron chi connectivity index (χ1n) is 6.26. The third kappa shape index (κ3) is 3.97. The van der Waals surface area contributed by atoms with Crippen LogP contribution in [0.15, 0.2) is 18.2 Å². The molecule has 96 valence electrons. The highest BCUT2D eigenvalue weighted by Gasteiger charge is 2.17. The summed E-state index contributed by atoms with van der Waals surface area (Å²) < 4.78 is 13.8. The van der Waals surface area contributed by atoms with Crippen molar-refractivity contribution in [2.24, 2.45) is 5.92 Å². The number of nitrogens with one attached hydrogen (secondary N) is 1. The summed E-state index contributed by atoms with van der Waals surface area (Å²) in [6, 6.07) is 5.51. The monoisotopic (exact) mass is 257 g/mol. The summed E-state index contributed by atoms with van der Waals surface area (Å²) >= 11 is 5.79. The molecule has 0 heterocycles. The van der Waals surface area contributed by atoms with Crippen molar-refractivity contribution >= 4 is 11.6 Å². The standard InChI is InChI=1S/C14H21ClFN/c1-4-10(3)13(17-5-2)9-11-7-6-8-12(15)14(11)16/h6-8,10,13,17H,4-5,9H2,1-3H3. The van der Waals surface area contributed by atoms with Gasteiger partial charge in [-0.05, 0) is 30.5 Å². The summed E-state index contributed by atoms with van der Waals surface area (Å²) in [5, 5.41) is 3.63. The van der Waals surface area contributed by atoms with Crippen LogP contribution in [0.1, 0.15) is 32.8 Å². The van der Waals surface area contributed by atoms with Gasteiger partial charge in [-0.2, -0.15) is 0 Å². The molecule has 0 saturated heterocycles. The molecular formula is C14H21ClFN. The van der Waals surface area contributed by atoms with Gasteiger partial charge in [0, 0.05) is 6.04 Å². The first-order chi connectivity index (χ1) is 8.10. The van der Waals surface area contributed by atoms with Crippen molar-refractivity contribution in [1.29, 1.82) is 0 Å². The molecule has 1 aromatic carbocycles. The SMILES string of the molecule is CCNC(Cc1cccc(Cl)c1F)C(C)CC. The maximum atomic E-state index is 13.8. The Hall–Kier alpha value is -0.600. The molecule has 1 nitrogen and oxygen atoms in total. The maximum Gasteiger partial charge on any atom is 0.145 e. The predicted molar refractivity (Wildman–Crippen MR) is 72.0 cm³/mol. The van der Waals surface area contributed by atoms with Crippen molar-refractivity contribution in [3.63, 3.8) is 0 Å². The second-order valence-electron chi connectivity index (χ2n) is 4.47. The van der Waals surface area contributed by atoms with Gasteiger partial charge in [0.1, 0.15) is 5.82 Å². The van der Waals surface area contributed by atoms with E-state index in [2.05, 4.69) is 26.1 Å². The van der Waals surface area contributed by atoms with Gasteiger partial charge in [0.2, 0.25) is 0 Å². The van der Waals surface area contributed by atoms with Crippen molar-refractivity contribution in [2.45, 2.75) is 39.7 Å². The van der Waals surface area contributed by atoms with Crippen LogP contribution in [0.25, 0.3) is 0 Å². The van der Waals surface area contributed by atoms with E-state index in [9.17, 15) is 4.39 Å². The molecule has 0 aliphatic heterocycles. The summed E-state index contributed by atoms with van der Waals surface area (Å²) in [4.78, 5) is 0. The minimum absolute atomic E-state index is 0.210. The Morgan fingerprint density at radius 2 is 2.06 bits per heavy atom. The van der Waals surface area contributed by atoms with E-state index >= 15 is 0 Å². The van der Waals surface area contributed by atoms with Gasteiger partial charge in [-0.15, -0.1) is 0 Å². The third-order valence-electron chi connectivity index (χ3n) is 3.27. The van der Waals surface area contributed by atoms with Gasteiger partial charge in [0.05, 0.1) is 5.02 Å². The molecule has 0 radical (unpaired) electrons. The summed E-state index contributed by atoms with van der Waals surface area (Å²) in [5.74, 6) is 0.244. The van der Waals surface area contributed by atoms with Crippen LogP contribution in [0.3, 0.4) is 0 Å². The molecule has 2 unspecified atom stereocenters. The Labute approximate surface area is 108 Å². The Kier molecular flexibility index (Phi) is 5.93. The minimum Gasteiger partial charge on any atom is -0.314 e. The van der Waals surface area contributed by atoms with Crippen molar-refractivity contribution in [2.75, 3.05) is 6.54 Å². The van der Waals surface area contributed by atoms with Crippen LogP contribution in [0, 0.1) is 11.7 Å². The molecule has 0 aliphatic carbocycles. The van der Waals surface area contributed by atoms with Gasteiger partial charge < -0.3 is 5.32 Å². The van der Waals surface area contributed by atoms with Crippen molar-refractivity contribution in [3.05, 3.63) is 34.6 Å². The quantitative estimate of drug-likeness (QED) is 0.811. The molecule has 0 spiro atoms. The molecule has 0 fully saturated rings. The molecular weight excluding hydrogens is 237 g/mol. The smallest absolute Gasteiger partial charge is 0.145 e. The molecule has 17 heavy (non-hydrogen) atoms. The number of rotatable bonds is 6. The molecule has 0 saturated carbocycles. The molecule has 0 bridgehead atoms. The lowest BCUT2D eigenvalue weighted by Crippen LogP contribution is -2.36. The lowest BCUT2D eigenvalue weighted by Gasteiger charge is -2.24. The molecule has 0 aromatic heterocycles. The van der Waals surface area contributed by atoms with Gasteiger partial charge in [-0.3, -0.25) is 0 Å². The van der Waals surface area contributed by atoms with E-state index in [0.29, 0.717) is 23.9 Å². The lowest BCUT2D eigenvalue weighted by molar-refractivity contribution is 0.367. The fraction of sp³-hybridized carbons (Fsp3) is 0.571. The van der Waals surface area contributed by atoms with E-state index in [4.69, 9.17) is 11.6 Å². The van der Waals surface area contributed by atoms with E-state index in [1.54, 1.807) is 12.1 Å². The van der Waals surface area contributed by atoms with E-state index < -0.39 is 0 Å². The molecule has 1 N–H and O–H groups in total. The second kappa shape index (κ2) is 6.97. The zero-order valence-corrected chi connectivity index (χ0v) is 11.5. The lowest BCUT2D eigenvalue weighted by atomic mass is 9.93. The topological polar surface area (TPSA) is 12.0 Å². The van der Waals surface area contributed by atoms with Crippen molar-refractivity contribution in [1.82, 2.24) is 5.32 Å². The van der Waals surface area contributed by atoms with Gasteiger partial charge in [-0.1, -0.05) is 50.9 Å². The van der Waals surface area contributed by atoms with Gasteiger partial charge in [-0.25, -0.2) is 4.39 Å². The highest BCUT2D eigenvalue weighted by Crippen LogP contribution is 2.21. The molecule has 0 amide bonds. The number of benzene rings is 1. The van der Waals surface area contributed by atoms with Crippen LogP contribution in [0.5, 0.6) is 0 Å². The molecule has 3 heteroatoms. The van der Waals surface area contributed by atoms with Gasteiger partial charge in [0.15, 0.2) is 0 Å². The van der Waals surface area contributed by atoms with Gasteiger partial charge >= 0.3 is 0 Å². The van der Waals surface area contributed by atoms with Crippen molar-refractivity contribution < 1.29 is 4.39 Å². The van der Waals surface area contributed by atoms with Crippen LogP contribution in [0.4, 0.5) is 4.39 Å². The van der Waals surface area contributed by atoms with Crippen LogP contribution in [-0.4, -0.2) is 12.6 Å². The third-order valence-corrected chi connectivity index (χ3v) is 3.56. The predicted octanol–water partition coefficient (Wildman–Crippen LogP) is 4.05. The number of hydrogen-bond acceptors (Lipinski definition) is 1. The fourth-order valence-corrected chi connectivity index (χ4v) is 2.16. The van der Waals surface area contributed by atoms with Crippen LogP contribution in [0.2, 0.25) is 5.02 Å². The first kappa shape index (κ1) is 14.5. The Bertz CT molecular complexity index is 354. The Balaban J connectivity index is 2.82. The second-order valence-corrected chi connectivity index (χ2v) is 4.87. The van der Waals surface area contributed by atoms with Crippen LogP contribution >= 0.6 is 11.6 Å². The number of hydrogen-bond donors (Lipinski definition) is 1. The average Bonchev–Trinajstić information content (AvgIpc) is 2.33. The average molecular weight is 258 g/mol. The van der Waals surface area contributed by atoms with Gasteiger partial charge in [0.25, 0.3) is 0 Å². The first-order valence-corrected chi connectivity index (χ1v) is 6.64. The zero-order valence-electron chi connectivity index (χ0n) is 10.8. The Morgan fingerprint density at radius 1 is 1.35 bits per heavy atom. The summed E-state index contributed by atoms with van der Waals surface area (Å²) in [5.41, 5.74) is 0.698. The van der Waals surface area contributed by atoms with E-state index in [-0.39, 0.29) is 10.8 Å². The van der Waals surface area contributed by atoms with E-state index in [1.807, 2.05) is 6.07 Å². The van der Waals surface area contributed by atoms with E-state index in [0.717, 1.165) is 13.0 Å². The van der Waals surface area contributed by atoms with E-state index in [1.165, 1.54) is 0 Å². The molecule has 1 aromatic rings. The highest BCUT2D eigenvalue weighted by molar-refractivity contribution is 6.30. The largest absolute Gasteiger partial charge is 0.314 e. The van der Waals surface area contributed by atoms with Crippen LogP contribution < -0.4 is 5.32 Å². The molecule has 0 aliphatic rings. The molecule has 2 atom stereocenters. The molecule has 1 rings (SSSR count). The number of likely N-dealkylation sites (N-methyl/N-ethyl adjacent to an activating group) is 1. The summed E-state index contributed by atoms with van der Waals surface area (Å²) in [6.45, 7) is 7.32. The summed E-state index contributed by atoms with van der Waals surface area (Å²) in [6.07, 6.45) is 1.77. The summed E-state index contributed by atoms with van der Waals surface area (Å²) in [7, 11) is 0. The highest BCUT2D eigenvalue weighted by atomic mass is 35.5. The fourth-order valence-electron chi connectivity index (χ4n) is 1.96. The number of halogens is 2. The van der Waals surface area contributed by atoms with Crippen LogP contribution in [-0.2, 0) is 6.42 Å². The van der Waals surface area contributed by atoms with Crippen molar-refractivity contribution in [3.8, 4) is 0 Å². The minimum atomic E-state index is -0.277. The zero-order chi connectivity index (χ0) is 12.8.